The summed E-state index contributed by atoms with van der Waals surface area (Å²) in [7, 11) is 1.92. The molecule has 5 nitrogen and oxygen atoms in total. The van der Waals surface area contributed by atoms with Crippen LogP contribution in [0.15, 0.2) is 24.3 Å². The van der Waals surface area contributed by atoms with E-state index in [0.29, 0.717) is 5.92 Å². The molecule has 0 saturated heterocycles. The number of hydrogen-bond acceptors (Lipinski definition) is 5. The Labute approximate surface area is 121 Å². The van der Waals surface area contributed by atoms with E-state index in [-0.39, 0.29) is 10.6 Å². The van der Waals surface area contributed by atoms with Crippen molar-refractivity contribution in [3.8, 4) is 11.3 Å². The lowest BCUT2D eigenvalue weighted by atomic mass is 10.1. The molecule has 2 rings (SSSR count). The van der Waals surface area contributed by atoms with Gasteiger partial charge < -0.3 is 5.32 Å². The average molecular weight is 291 g/mol. The van der Waals surface area contributed by atoms with Gasteiger partial charge in [0.2, 0.25) is 0 Å². The predicted molar refractivity (Wildman–Crippen MR) is 81.3 cm³/mol. The minimum Gasteiger partial charge on any atom is -0.319 e. The normalized spacial score (nSPS) is 12.3. The molecule has 6 heteroatoms. The van der Waals surface area contributed by atoms with E-state index >= 15 is 0 Å². The quantitative estimate of drug-likeness (QED) is 0.677. The van der Waals surface area contributed by atoms with Crippen molar-refractivity contribution in [1.82, 2.24) is 10.3 Å². The van der Waals surface area contributed by atoms with E-state index in [1.165, 1.54) is 6.07 Å². The maximum atomic E-state index is 10.8. The summed E-state index contributed by atoms with van der Waals surface area (Å²) in [5.74, 6) is 0.330. The Morgan fingerprint density at radius 1 is 1.50 bits per heavy atom. The summed E-state index contributed by atoms with van der Waals surface area (Å²) < 4.78 is 0. The fourth-order valence-corrected chi connectivity index (χ4v) is 3.05. The highest BCUT2D eigenvalue weighted by Crippen LogP contribution is 2.32. The summed E-state index contributed by atoms with van der Waals surface area (Å²) in [6.45, 7) is 4.98. The number of benzene rings is 1. The minimum absolute atomic E-state index is 0.0970. The largest absolute Gasteiger partial charge is 0.319 e. The second-order valence-electron chi connectivity index (χ2n) is 4.72. The Balaban J connectivity index is 2.38. The van der Waals surface area contributed by atoms with Gasteiger partial charge in [0, 0.05) is 35.0 Å². The summed E-state index contributed by atoms with van der Waals surface area (Å²) >= 11 is 1.65. The number of nitro groups is 1. The predicted octanol–water partition coefficient (Wildman–Crippen LogP) is 3.35. The molecule has 2 aromatic rings. The van der Waals surface area contributed by atoms with Gasteiger partial charge in [0.15, 0.2) is 0 Å². The molecule has 0 aliphatic heterocycles. The van der Waals surface area contributed by atoms with Gasteiger partial charge in [-0.3, -0.25) is 10.1 Å². The van der Waals surface area contributed by atoms with Crippen LogP contribution in [0.4, 0.5) is 5.69 Å². The molecule has 0 aliphatic rings. The van der Waals surface area contributed by atoms with Crippen LogP contribution in [0.2, 0.25) is 0 Å². The molecule has 1 aromatic carbocycles. The molecule has 1 aromatic heterocycles. The van der Waals surface area contributed by atoms with Gasteiger partial charge in [-0.15, -0.1) is 11.3 Å². The van der Waals surface area contributed by atoms with E-state index in [2.05, 4.69) is 17.2 Å². The number of nitrogens with one attached hydrogen (secondary N) is 1. The minimum atomic E-state index is -0.379. The number of rotatable bonds is 5. The lowest BCUT2D eigenvalue weighted by molar-refractivity contribution is -0.384. The van der Waals surface area contributed by atoms with E-state index in [0.717, 1.165) is 27.7 Å². The van der Waals surface area contributed by atoms with Crippen LogP contribution >= 0.6 is 11.3 Å². The second kappa shape index (κ2) is 6.11. The molecule has 1 heterocycles. The molecule has 1 unspecified atom stereocenters. The lowest BCUT2D eigenvalue weighted by Gasteiger charge is -2.05. The van der Waals surface area contributed by atoms with Crippen LogP contribution in [0.1, 0.15) is 22.7 Å². The molecule has 0 amide bonds. The number of nitro benzene ring substituents is 1. The molecule has 20 heavy (non-hydrogen) atoms. The first-order valence-corrected chi connectivity index (χ1v) is 7.21. The smallest absolute Gasteiger partial charge is 0.270 e. The Morgan fingerprint density at radius 2 is 2.25 bits per heavy atom. The molecule has 0 bridgehead atoms. The fourth-order valence-electron chi connectivity index (χ4n) is 2.06. The monoisotopic (exact) mass is 291 g/mol. The molecule has 0 saturated carbocycles. The Kier molecular flexibility index (Phi) is 4.46. The van der Waals surface area contributed by atoms with Crippen LogP contribution in [0.5, 0.6) is 0 Å². The first-order valence-electron chi connectivity index (χ1n) is 6.39. The van der Waals surface area contributed by atoms with E-state index in [4.69, 9.17) is 0 Å². The van der Waals surface area contributed by atoms with E-state index < -0.39 is 0 Å². The van der Waals surface area contributed by atoms with Gasteiger partial charge in [0.05, 0.1) is 15.6 Å². The van der Waals surface area contributed by atoms with Crippen LogP contribution in [-0.2, 0) is 0 Å². The van der Waals surface area contributed by atoms with Crippen molar-refractivity contribution < 1.29 is 4.92 Å². The zero-order valence-corrected chi connectivity index (χ0v) is 12.5. The summed E-state index contributed by atoms with van der Waals surface area (Å²) in [6, 6.07) is 6.63. The number of non-ortho nitro benzene ring substituents is 1. The van der Waals surface area contributed by atoms with Crippen LogP contribution in [0.25, 0.3) is 11.3 Å². The Bertz CT molecular complexity index is 625. The molecular formula is C14H17N3O2S. The Hall–Kier alpha value is -1.79. The number of aryl methyl sites for hydroxylation is 1. The number of nitrogens with zero attached hydrogens (tertiary/aromatic N) is 2. The summed E-state index contributed by atoms with van der Waals surface area (Å²) in [5.41, 5.74) is 1.74. The lowest BCUT2D eigenvalue weighted by Crippen LogP contribution is -2.14. The van der Waals surface area contributed by atoms with Crippen molar-refractivity contribution >= 4 is 17.0 Å². The highest BCUT2D eigenvalue weighted by atomic mass is 32.1. The summed E-state index contributed by atoms with van der Waals surface area (Å²) in [4.78, 5) is 16.2. The van der Waals surface area contributed by atoms with Gasteiger partial charge in [-0.2, -0.15) is 0 Å². The van der Waals surface area contributed by atoms with E-state index in [1.54, 1.807) is 23.5 Å². The number of likely N-dealkylation sites (N-methyl/N-ethyl adjacent to an activating group) is 1. The number of thiazole rings is 1. The van der Waals surface area contributed by atoms with Crippen molar-refractivity contribution in [1.29, 1.82) is 0 Å². The molecule has 0 spiro atoms. The molecule has 0 radical (unpaired) electrons. The van der Waals surface area contributed by atoms with Gasteiger partial charge in [-0.1, -0.05) is 19.1 Å². The zero-order chi connectivity index (χ0) is 14.7. The fraction of sp³-hybridized carbons (Fsp3) is 0.357. The third-order valence-electron chi connectivity index (χ3n) is 3.08. The van der Waals surface area contributed by atoms with Gasteiger partial charge in [-0.05, 0) is 14.0 Å². The maximum absolute atomic E-state index is 10.8. The number of hydrogen-bond donors (Lipinski definition) is 1. The first-order chi connectivity index (χ1) is 9.52. The van der Waals surface area contributed by atoms with Gasteiger partial charge in [0.25, 0.3) is 5.69 Å². The van der Waals surface area contributed by atoms with Gasteiger partial charge in [-0.25, -0.2) is 4.98 Å². The van der Waals surface area contributed by atoms with Crippen LogP contribution < -0.4 is 5.32 Å². The summed E-state index contributed by atoms with van der Waals surface area (Å²) in [5, 5.41) is 15.0. The van der Waals surface area contributed by atoms with Crippen molar-refractivity contribution in [3.05, 3.63) is 44.3 Å². The van der Waals surface area contributed by atoms with Crippen molar-refractivity contribution in [2.45, 2.75) is 19.8 Å². The molecule has 1 N–H and O–H groups in total. The van der Waals surface area contributed by atoms with Crippen molar-refractivity contribution in [2.75, 3.05) is 13.6 Å². The standard InChI is InChI=1S/C14H17N3O2S/c1-9(8-15-3)14-16-13(10(2)20-14)11-5-4-6-12(7-11)17(18)19/h4-7,9,15H,8H2,1-3H3. The number of aromatic nitrogens is 1. The average Bonchev–Trinajstić information content (AvgIpc) is 2.81. The highest BCUT2D eigenvalue weighted by molar-refractivity contribution is 7.12. The first kappa shape index (κ1) is 14.6. The molecular weight excluding hydrogens is 274 g/mol. The van der Waals surface area contributed by atoms with Crippen LogP contribution in [0, 0.1) is 17.0 Å². The topological polar surface area (TPSA) is 68.1 Å². The van der Waals surface area contributed by atoms with Crippen LogP contribution in [0.3, 0.4) is 0 Å². The molecule has 0 aliphatic carbocycles. The second-order valence-corrected chi connectivity index (χ2v) is 5.96. The highest BCUT2D eigenvalue weighted by Gasteiger charge is 2.16. The SMILES string of the molecule is CNCC(C)c1nc(-c2cccc([N+](=O)[O-])c2)c(C)s1. The molecule has 106 valence electrons. The Morgan fingerprint density at radius 3 is 2.90 bits per heavy atom. The van der Waals surface area contributed by atoms with E-state index in [1.807, 2.05) is 20.0 Å². The third-order valence-corrected chi connectivity index (χ3v) is 4.28. The van der Waals surface area contributed by atoms with Gasteiger partial charge in [0.1, 0.15) is 0 Å². The van der Waals surface area contributed by atoms with Gasteiger partial charge >= 0.3 is 0 Å². The molecule has 0 fully saturated rings. The third kappa shape index (κ3) is 3.02. The van der Waals surface area contributed by atoms with Crippen molar-refractivity contribution in [3.63, 3.8) is 0 Å². The van der Waals surface area contributed by atoms with Crippen LogP contribution in [-0.4, -0.2) is 23.5 Å². The maximum Gasteiger partial charge on any atom is 0.270 e. The zero-order valence-electron chi connectivity index (χ0n) is 11.7. The summed E-state index contributed by atoms with van der Waals surface area (Å²) in [6.07, 6.45) is 0. The van der Waals surface area contributed by atoms with E-state index in [9.17, 15) is 10.1 Å². The van der Waals surface area contributed by atoms with Crippen molar-refractivity contribution in [2.24, 2.45) is 0 Å². The molecule has 1 atom stereocenters.